The summed E-state index contributed by atoms with van der Waals surface area (Å²) in [4.78, 5) is 13.2. The molecule has 0 aliphatic rings. The smallest absolute Gasteiger partial charge is 0.210 e. The molecule has 1 aromatic heterocycles. The number of nitro groups is 1. The first-order chi connectivity index (χ1) is 7.99. The van der Waals surface area contributed by atoms with Crippen LogP contribution in [-0.4, -0.2) is 16.5 Å². The van der Waals surface area contributed by atoms with Crippen molar-refractivity contribution in [3.8, 4) is 0 Å². The van der Waals surface area contributed by atoms with Crippen molar-refractivity contribution in [2.75, 3.05) is 6.54 Å². The number of hydrogen-bond acceptors (Lipinski definition) is 2. The highest BCUT2D eigenvalue weighted by atomic mass is 35.5. The number of hydrogen-bond donors (Lipinski definition) is 1. The van der Waals surface area contributed by atoms with E-state index in [0.29, 0.717) is 10.0 Å². The third-order valence-electron chi connectivity index (χ3n) is 2.71. The lowest BCUT2D eigenvalue weighted by atomic mass is 10.0. The molecule has 0 fully saturated rings. The van der Waals surface area contributed by atoms with Gasteiger partial charge in [0.15, 0.2) is 0 Å². The first-order valence-corrected chi connectivity index (χ1v) is 5.82. The van der Waals surface area contributed by atoms with Crippen LogP contribution in [0.15, 0.2) is 18.3 Å². The lowest BCUT2D eigenvalue weighted by Crippen LogP contribution is -2.08. The van der Waals surface area contributed by atoms with Gasteiger partial charge in [-0.2, -0.15) is 0 Å². The summed E-state index contributed by atoms with van der Waals surface area (Å²) in [5.74, 6) is -0.170. The number of halogens is 2. The summed E-state index contributed by atoms with van der Waals surface area (Å²) in [5.41, 5.74) is 1.72. The highest BCUT2D eigenvalue weighted by molar-refractivity contribution is 6.42. The zero-order valence-electron chi connectivity index (χ0n) is 9.04. The Balaban J connectivity index is 2.48. The van der Waals surface area contributed by atoms with Gasteiger partial charge in [0.25, 0.3) is 0 Å². The maximum atomic E-state index is 10.5. The van der Waals surface area contributed by atoms with E-state index in [1.165, 1.54) is 0 Å². The maximum absolute atomic E-state index is 10.5. The van der Waals surface area contributed by atoms with Crippen molar-refractivity contribution in [3.05, 3.63) is 44.1 Å². The molecule has 0 bridgehead atoms. The van der Waals surface area contributed by atoms with Crippen LogP contribution in [0.25, 0.3) is 10.9 Å². The second kappa shape index (κ2) is 4.55. The van der Waals surface area contributed by atoms with E-state index in [0.717, 1.165) is 16.5 Å². The van der Waals surface area contributed by atoms with Crippen molar-refractivity contribution in [3.63, 3.8) is 0 Å². The van der Waals surface area contributed by atoms with Gasteiger partial charge in [0.1, 0.15) is 0 Å². The molecule has 1 unspecified atom stereocenters. The van der Waals surface area contributed by atoms with Crippen LogP contribution in [0.2, 0.25) is 10.0 Å². The first-order valence-electron chi connectivity index (χ1n) is 5.07. The van der Waals surface area contributed by atoms with Crippen LogP contribution < -0.4 is 0 Å². The maximum Gasteiger partial charge on any atom is 0.210 e. The zero-order chi connectivity index (χ0) is 12.6. The summed E-state index contributed by atoms with van der Waals surface area (Å²) >= 11 is 11.8. The Morgan fingerprint density at radius 3 is 2.71 bits per heavy atom. The van der Waals surface area contributed by atoms with E-state index in [-0.39, 0.29) is 17.4 Å². The largest absolute Gasteiger partial charge is 0.361 e. The van der Waals surface area contributed by atoms with Crippen LogP contribution in [0.5, 0.6) is 0 Å². The Kier molecular flexibility index (Phi) is 3.26. The Labute approximate surface area is 108 Å². The minimum atomic E-state index is -0.318. The van der Waals surface area contributed by atoms with E-state index in [9.17, 15) is 10.1 Å². The quantitative estimate of drug-likeness (QED) is 0.682. The summed E-state index contributed by atoms with van der Waals surface area (Å²) in [6.45, 7) is 1.71. The molecule has 0 aliphatic carbocycles. The van der Waals surface area contributed by atoms with E-state index in [1.54, 1.807) is 18.3 Å². The molecule has 1 atom stereocenters. The van der Waals surface area contributed by atoms with Crippen molar-refractivity contribution < 1.29 is 4.92 Å². The Bertz CT molecular complexity index is 580. The van der Waals surface area contributed by atoms with Crippen molar-refractivity contribution in [2.24, 2.45) is 0 Å². The van der Waals surface area contributed by atoms with Crippen LogP contribution in [-0.2, 0) is 0 Å². The molecule has 90 valence electrons. The molecule has 1 heterocycles. The third kappa shape index (κ3) is 2.37. The second-order valence-electron chi connectivity index (χ2n) is 3.97. The van der Waals surface area contributed by atoms with Gasteiger partial charge in [0, 0.05) is 27.9 Å². The number of aromatic amines is 1. The van der Waals surface area contributed by atoms with E-state index < -0.39 is 0 Å². The van der Waals surface area contributed by atoms with Crippen LogP contribution >= 0.6 is 23.2 Å². The van der Waals surface area contributed by atoms with Crippen molar-refractivity contribution in [2.45, 2.75) is 12.8 Å². The minimum Gasteiger partial charge on any atom is -0.361 e. The van der Waals surface area contributed by atoms with Gasteiger partial charge in [-0.05, 0) is 17.7 Å². The normalized spacial score (nSPS) is 12.9. The summed E-state index contributed by atoms with van der Waals surface area (Å²) in [5, 5.41) is 12.3. The van der Waals surface area contributed by atoms with E-state index in [1.807, 2.05) is 6.92 Å². The van der Waals surface area contributed by atoms with Crippen LogP contribution in [0.1, 0.15) is 18.4 Å². The molecule has 0 radical (unpaired) electrons. The van der Waals surface area contributed by atoms with E-state index >= 15 is 0 Å². The standard InChI is InChI=1S/C11H10Cl2N2O2/c1-6(5-15(16)17)8-4-14-11-3-10(13)9(12)2-7(8)11/h2-4,6,14H,5H2,1H3. The Hall–Kier alpha value is -1.26. The Morgan fingerprint density at radius 2 is 2.06 bits per heavy atom. The molecule has 0 spiro atoms. The molecule has 0 aliphatic heterocycles. The second-order valence-corrected chi connectivity index (χ2v) is 4.79. The highest BCUT2D eigenvalue weighted by Crippen LogP contribution is 2.32. The summed E-state index contributed by atoms with van der Waals surface area (Å²) in [6.07, 6.45) is 1.77. The number of nitrogens with zero attached hydrogens (tertiary/aromatic N) is 1. The van der Waals surface area contributed by atoms with Crippen LogP contribution in [0.4, 0.5) is 0 Å². The first kappa shape index (κ1) is 12.2. The van der Waals surface area contributed by atoms with Gasteiger partial charge < -0.3 is 4.98 Å². The van der Waals surface area contributed by atoms with Crippen molar-refractivity contribution in [1.29, 1.82) is 0 Å². The predicted octanol–water partition coefficient (Wildman–Crippen LogP) is 3.85. The molecule has 1 aromatic carbocycles. The molecule has 0 saturated carbocycles. The van der Waals surface area contributed by atoms with Gasteiger partial charge in [-0.25, -0.2) is 0 Å². The predicted molar refractivity (Wildman–Crippen MR) is 68.6 cm³/mol. The van der Waals surface area contributed by atoms with Crippen molar-refractivity contribution in [1.82, 2.24) is 4.98 Å². The average molecular weight is 273 g/mol. The fourth-order valence-electron chi connectivity index (χ4n) is 1.87. The van der Waals surface area contributed by atoms with Gasteiger partial charge in [-0.15, -0.1) is 0 Å². The molecule has 17 heavy (non-hydrogen) atoms. The highest BCUT2D eigenvalue weighted by Gasteiger charge is 2.17. The molecule has 2 aromatic rings. The number of fused-ring (bicyclic) bond motifs is 1. The molecule has 1 N–H and O–H groups in total. The fourth-order valence-corrected chi connectivity index (χ4v) is 2.20. The molecule has 0 amide bonds. The summed E-state index contributed by atoms with van der Waals surface area (Å²) in [6, 6.07) is 3.46. The van der Waals surface area contributed by atoms with E-state index in [4.69, 9.17) is 23.2 Å². The van der Waals surface area contributed by atoms with Crippen molar-refractivity contribution >= 4 is 34.1 Å². The lowest BCUT2D eigenvalue weighted by molar-refractivity contribution is -0.482. The van der Waals surface area contributed by atoms with E-state index in [2.05, 4.69) is 4.98 Å². The number of benzene rings is 1. The molecular formula is C11H10Cl2N2O2. The molecular weight excluding hydrogens is 263 g/mol. The SMILES string of the molecule is CC(C[N+](=O)[O-])c1c[nH]c2cc(Cl)c(Cl)cc12. The Morgan fingerprint density at radius 1 is 1.41 bits per heavy atom. The number of aromatic nitrogens is 1. The topological polar surface area (TPSA) is 58.9 Å². The van der Waals surface area contributed by atoms with Gasteiger partial charge in [0.05, 0.1) is 10.0 Å². The lowest BCUT2D eigenvalue weighted by Gasteiger charge is -2.05. The van der Waals surface area contributed by atoms with Gasteiger partial charge >= 0.3 is 0 Å². The van der Waals surface area contributed by atoms with Gasteiger partial charge in [-0.3, -0.25) is 10.1 Å². The third-order valence-corrected chi connectivity index (χ3v) is 3.43. The number of rotatable bonds is 3. The monoisotopic (exact) mass is 272 g/mol. The fraction of sp³-hybridized carbons (Fsp3) is 0.273. The van der Waals surface area contributed by atoms with Gasteiger partial charge in [-0.1, -0.05) is 30.1 Å². The number of nitrogens with one attached hydrogen (secondary N) is 1. The molecule has 2 rings (SSSR count). The molecule has 0 saturated heterocycles. The summed E-state index contributed by atoms with van der Waals surface area (Å²) < 4.78 is 0. The average Bonchev–Trinajstić information content (AvgIpc) is 2.60. The van der Waals surface area contributed by atoms with Gasteiger partial charge in [0.2, 0.25) is 6.54 Å². The minimum absolute atomic E-state index is 0.104. The summed E-state index contributed by atoms with van der Waals surface area (Å²) in [7, 11) is 0. The number of H-pyrrole nitrogens is 1. The van der Waals surface area contributed by atoms with Crippen LogP contribution in [0, 0.1) is 10.1 Å². The zero-order valence-corrected chi connectivity index (χ0v) is 10.5. The molecule has 4 nitrogen and oxygen atoms in total. The molecule has 6 heteroatoms. The van der Waals surface area contributed by atoms with Crippen LogP contribution in [0.3, 0.4) is 0 Å².